The lowest BCUT2D eigenvalue weighted by atomic mass is 10.2. The van der Waals surface area contributed by atoms with Crippen molar-refractivity contribution in [1.82, 2.24) is 10.2 Å². The highest BCUT2D eigenvalue weighted by molar-refractivity contribution is 9.10. The number of nitrogens with zero attached hydrogens (tertiary/aromatic N) is 2. The molecule has 0 unspecified atom stereocenters. The van der Waals surface area contributed by atoms with Gasteiger partial charge in [0.15, 0.2) is 0 Å². The summed E-state index contributed by atoms with van der Waals surface area (Å²) in [5.41, 5.74) is 2.63. The Balaban J connectivity index is 1.56. The van der Waals surface area contributed by atoms with Crippen LogP contribution in [0.5, 0.6) is 5.75 Å². The Bertz CT molecular complexity index is 912. The highest BCUT2D eigenvalue weighted by Crippen LogP contribution is 2.25. The van der Waals surface area contributed by atoms with Gasteiger partial charge in [-0.25, -0.2) is 0 Å². The minimum absolute atomic E-state index is 0.144. The van der Waals surface area contributed by atoms with Crippen LogP contribution >= 0.6 is 27.7 Å². The summed E-state index contributed by atoms with van der Waals surface area (Å²) in [5.74, 6) is 1.19. The average molecular weight is 434 g/mol. The summed E-state index contributed by atoms with van der Waals surface area (Å²) < 4.78 is 11.7. The predicted molar refractivity (Wildman–Crippen MR) is 105 cm³/mol. The van der Waals surface area contributed by atoms with Crippen LogP contribution in [0.15, 0.2) is 56.6 Å². The van der Waals surface area contributed by atoms with Crippen LogP contribution in [0.25, 0.3) is 11.5 Å². The summed E-state index contributed by atoms with van der Waals surface area (Å²) in [6.45, 7) is 1.99. The van der Waals surface area contributed by atoms with Gasteiger partial charge in [-0.2, -0.15) is 0 Å². The zero-order chi connectivity index (χ0) is 18.5. The number of hydrogen-bond donors (Lipinski definition) is 1. The number of rotatable bonds is 6. The van der Waals surface area contributed by atoms with Crippen molar-refractivity contribution in [3.63, 3.8) is 0 Å². The number of hydrogen-bond acceptors (Lipinski definition) is 6. The lowest BCUT2D eigenvalue weighted by Gasteiger charge is -2.06. The number of thioether (sulfide) groups is 1. The van der Waals surface area contributed by atoms with Gasteiger partial charge in [-0.05, 0) is 48.9 Å². The van der Waals surface area contributed by atoms with Gasteiger partial charge in [-0.15, -0.1) is 10.2 Å². The molecule has 1 amide bonds. The van der Waals surface area contributed by atoms with Crippen molar-refractivity contribution in [2.45, 2.75) is 12.1 Å². The van der Waals surface area contributed by atoms with Gasteiger partial charge in [0, 0.05) is 15.7 Å². The third-order valence-electron chi connectivity index (χ3n) is 3.53. The van der Waals surface area contributed by atoms with Gasteiger partial charge in [0.1, 0.15) is 5.75 Å². The summed E-state index contributed by atoms with van der Waals surface area (Å²) in [5, 5.41) is 11.2. The molecule has 0 aliphatic heterocycles. The molecule has 1 heterocycles. The van der Waals surface area contributed by atoms with Crippen LogP contribution in [0.2, 0.25) is 0 Å². The molecule has 0 spiro atoms. The summed E-state index contributed by atoms with van der Waals surface area (Å²) in [6, 6.07) is 13.0. The highest BCUT2D eigenvalue weighted by Gasteiger charge is 2.12. The smallest absolute Gasteiger partial charge is 0.277 e. The van der Waals surface area contributed by atoms with Crippen LogP contribution in [-0.2, 0) is 4.79 Å². The number of carbonyl (C=O) groups excluding carboxylic acids is 1. The first-order valence-corrected chi connectivity index (χ1v) is 9.50. The maximum atomic E-state index is 12.1. The maximum absolute atomic E-state index is 12.1. The molecule has 26 heavy (non-hydrogen) atoms. The summed E-state index contributed by atoms with van der Waals surface area (Å²) in [4.78, 5) is 12.1. The molecule has 1 N–H and O–H groups in total. The second-order valence-electron chi connectivity index (χ2n) is 5.40. The van der Waals surface area contributed by atoms with E-state index in [0.29, 0.717) is 11.1 Å². The predicted octanol–water partition coefficient (Wildman–Crippen LogP) is 4.55. The molecule has 0 fully saturated rings. The van der Waals surface area contributed by atoms with Crippen molar-refractivity contribution < 1.29 is 13.9 Å². The van der Waals surface area contributed by atoms with Gasteiger partial charge < -0.3 is 14.5 Å². The van der Waals surface area contributed by atoms with Gasteiger partial charge in [-0.3, -0.25) is 4.79 Å². The molecule has 0 saturated heterocycles. The lowest BCUT2D eigenvalue weighted by Crippen LogP contribution is -2.14. The topological polar surface area (TPSA) is 77.2 Å². The molecule has 8 heteroatoms. The molecule has 0 saturated carbocycles. The van der Waals surface area contributed by atoms with Crippen LogP contribution < -0.4 is 10.1 Å². The van der Waals surface area contributed by atoms with E-state index >= 15 is 0 Å². The molecule has 0 radical (unpaired) electrons. The van der Waals surface area contributed by atoms with Gasteiger partial charge in [0.25, 0.3) is 5.22 Å². The van der Waals surface area contributed by atoms with Gasteiger partial charge >= 0.3 is 0 Å². The fourth-order valence-electron chi connectivity index (χ4n) is 2.11. The molecular formula is C18H16BrN3O3S. The lowest BCUT2D eigenvalue weighted by molar-refractivity contribution is -0.113. The molecular weight excluding hydrogens is 418 g/mol. The number of halogens is 1. The SMILES string of the molecule is COc1ccc(-c2nnc(SCC(=O)Nc3ccc(C)c(Br)c3)o2)cc1. The van der Waals surface area contributed by atoms with Crippen molar-refractivity contribution in [1.29, 1.82) is 0 Å². The first-order valence-electron chi connectivity index (χ1n) is 7.72. The third kappa shape index (κ3) is 4.64. The molecule has 0 atom stereocenters. The monoisotopic (exact) mass is 433 g/mol. The Labute approximate surface area is 163 Å². The van der Waals surface area contributed by atoms with Crippen LogP contribution in [0.3, 0.4) is 0 Å². The maximum Gasteiger partial charge on any atom is 0.277 e. The Morgan fingerprint density at radius 3 is 2.69 bits per heavy atom. The molecule has 0 aliphatic carbocycles. The van der Waals surface area contributed by atoms with Crippen LogP contribution in [0.4, 0.5) is 5.69 Å². The number of benzene rings is 2. The van der Waals surface area contributed by atoms with Gasteiger partial charge in [0.05, 0.1) is 12.9 Å². The van der Waals surface area contributed by atoms with E-state index in [1.807, 2.05) is 49.4 Å². The van der Waals surface area contributed by atoms with Crippen molar-refractivity contribution in [2.75, 3.05) is 18.2 Å². The van der Waals surface area contributed by atoms with Crippen LogP contribution in [-0.4, -0.2) is 29.0 Å². The zero-order valence-corrected chi connectivity index (χ0v) is 16.6. The minimum atomic E-state index is -0.144. The minimum Gasteiger partial charge on any atom is -0.497 e. The van der Waals surface area contributed by atoms with Crippen molar-refractivity contribution in [3.05, 3.63) is 52.5 Å². The molecule has 6 nitrogen and oxygen atoms in total. The first-order chi connectivity index (χ1) is 12.5. The Morgan fingerprint density at radius 1 is 1.23 bits per heavy atom. The van der Waals surface area contributed by atoms with Crippen molar-refractivity contribution in [3.8, 4) is 17.2 Å². The largest absolute Gasteiger partial charge is 0.497 e. The van der Waals surface area contributed by atoms with Crippen LogP contribution in [0.1, 0.15) is 5.56 Å². The number of methoxy groups -OCH3 is 1. The summed E-state index contributed by atoms with van der Waals surface area (Å²) >= 11 is 4.64. The number of anilines is 1. The molecule has 3 rings (SSSR count). The molecule has 0 aliphatic rings. The van der Waals surface area contributed by atoms with Crippen LogP contribution in [0, 0.1) is 6.92 Å². The molecule has 134 valence electrons. The zero-order valence-electron chi connectivity index (χ0n) is 14.2. The Morgan fingerprint density at radius 2 is 2.00 bits per heavy atom. The number of ether oxygens (including phenoxy) is 1. The van der Waals surface area contributed by atoms with E-state index in [9.17, 15) is 4.79 Å². The third-order valence-corrected chi connectivity index (χ3v) is 5.20. The van der Waals surface area contributed by atoms with E-state index < -0.39 is 0 Å². The fourth-order valence-corrected chi connectivity index (χ4v) is 3.06. The highest BCUT2D eigenvalue weighted by atomic mass is 79.9. The quantitative estimate of drug-likeness (QED) is 0.574. The Hall–Kier alpha value is -2.32. The van der Waals surface area contributed by atoms with E-state index in [0.717, 1.165) is 27.0 Å². The normalized spacial score (nSPS) is 10.6. The number of nitrogens with one attached hydrogen (secondary N) is 1. The molecule has 1 aromatic heterocycles. The molecule has 2 aromatic carbocycles. The second kappa shape index (κ2) is 8.37. The first kappa shape index (κ1) is 18.5. The number of aryl methyl sites for hydroxylation is 1. The van der Waals surface area contributed by atoms with E-state index in [2.05, 4.69) is 31.4 Å². The standard InChI is InChI=1S/C18H16BrN3O3S/c1-11-3-6-13(9-15(11)19)20-16(23)10-26-18-22-21-17(25-18)12-4-7-14(24-2)8-5-12/h3-9H,10H2,1-2H3,(H,20,23). The average Bonchev–Trinajstić information content (AvgIpc) is 3.12. The van der Waals surface area contributed by atoms with E-state index in [-0.39, 0.29) is 11.7 Å². The van der Waals surface area contributed by atoms with Gasteiger partial charge in [-0.1, -0.05) is 33.8 Å². The van der Waals surface area contributed by atoms with E-state index in [4.69, 9.17) is 9.15 Å². The fraction of sp³-hybridized carbons (Fsp3) is 0.167. The second-order valence-corrected chi connectivity index (χ2v) is 7.18. The van der Waals surface area contributed by atoms with Crippen molar-refractivity contribution in [2.24, 2.45) is 0 Å². The molecule has 3 aromatic rings. The summed E-state index contributed by atoms with van der Waals surface area (Å²) in [7, 11) is 1.61. The van der Waals surface area contributed by atoms with Gasteiger partial charge in [0.2, 0.25) is 11.8 Å². The number of aromatic nitrogens is 2. The Kier molecular flexibility index (Phi) is 5.95. The van der Waals surface area contributed by atoms with E-state index in [1.54, 1.807) is 7.11 Å². The molecule has 0 bridgehead atoms. The van der Waals surface area contributed by atoms with Crippen molar-refractivity contribution >= 4 is 39.3 Å². The summed E-state index contributed by atoms with van der Waals surface area (Å²) in [6.07, 6.45) is 0. The number of carbonyl (C=O) groups is 1. The number of amides is 1. The van der Waals surface area contributed by atoms with E-state index in [1.165, 1.54) is 11.8 Å².